The number of hydrogen-bond acceptors (Lipinski definition) is 3. The number of carbonyl (C=O) groups excluding carboxylic acids is 2. The lowest BCUT2D eigenvalue weighted by Gasteiger charge is -2.30. The Morgan fingerprint density at radius 1 is 1.03 bits per heavy atom. The third kappa shape index (κ3) is 4.67. The maximum Gasteiger partial charge on any atom is 0.220 e. The van der Waals surface area contributed by atoms with E-state index in [-0.39, 0.29) is 36.5 Å². The van der Waals surface area contributed by atoms with E-state index >= 15 is 0 Å². The molecule has 0 spiro atoms. The zero-order chi connectivity index (χ0) is 20.9. The standard InChI is InChI=1S/C25H27N3O2/c1-17(25-27-21-12-5-6-13-22(21)28-25)19-10-7-11-20(16-19)26-24(30)15-14-23(29)18-8-3-2-4-9-18/h2-6,8-9,12-13,19-20H,1,7,10-11,14-16H2,(H,26,30)(H,27,28). The van der Waals surface area contributed by atoms with E-state index < -0.39 is 0 Å². The van der Waals surface area contributed by atoms with Crippen molar-refractivity contribution in [2.24, 2.45) is 5.92 Å². The van der Waals surface area contributed by atoms with E-state index in [1.54, 1.807) is 12.1 Å². The Morgan fingerprint density at radius 3 is 2.60 bits per heavy atom. The van der Waals surface area contributed by atoms with Gasteiger partial charge in [0.15, 0.2) is 5.78 Å². The van der Waals surface area contributed by atoms with Crippen LogP contribution in [-0.4, -0.2) is 27.7 Å². The summed E-state index contributed by atoms with van der Waals surface area (Å²) in [6, 6.07) is 17.2. The Hall–Kier alpha value is -3.21. The maximum atomic E-state index is 12.4. The molecule has 1 fully saturated rings. The Kier molecular flexibility index (Phi) is 6.07. The lowest BCUT2D eigenvalue weighted by atomic mass is 9.81. The largest absolute Gasteiger partial charge is 0.353 e. The van der Waals surface area contributed by atoms with Crippen molar-refractivity contribution < 1.29 is 9.59 Å². The SMILES string of the molecule is C=C(c1nc2ccccc2[nH]1)C1CCCC(NC(=O)CCC(=O)c2ccccc2)C1. The number of amides is 1. The van der Waals surface area contributed by atoms with E-state index in [0.717, 1.165) is 48.1 Å². The van der Waals surface area contributed by atoms with Crippen LogP contribution in [0.1, 0.15) is 54.7 Å². The number of rotatable bonds is 7. The van der Waals surface area contributed by atoms with Crippen molar-refractivity contribution in [3.8, 4) is 0 Å². The first-order chi connectivity index (χ1) is 14.6. The third-order valence-electron chi connectivity index (χ3n) is 5.90. The Labute approximate surface area is 176 Å². The molecule has 1 heterocycles. The minimum absolute atomic E-state index is 0.00512. The van der Waals surface area contributed by atoms with Gasteiger partial charge in [-0.25, -0.2) is 4.98 Å². The van der Waals surface area contributed by atoms with Crippen LogP contribution < -0.4 is 5.32 Å². The number of benzene rings is 2. The molecule has 0 saturated heterocycles. The van der Waals surface area contributed by atoms with Crippen molar-refractivity contribution in [1.82, 2.24) is 15.3 Å². The molecule has 2 unspecified atom stereocenters. The predicted molar refractivity (Wildman–Crippen MR) is 119 cm³/mol. The maximum absolute atomic E-state index is 12.4. The molecule has 0 aliphatic heterocycles. The highest BCUT2D eigenvalue weighted by molar-refractivity contribution is 5.97. The third-order valence-corrected chi connectivity index (χ3v) is 5.90. The molecule has 1 aromatic heterocycles. The van der Waals surface area contributed by atoms with Crippen molar-refractivity contribution >= 4 is 28.3 Å². The molecule has 30 heavy (non-hydrogen) atoms. The average Bonchev–Trinajstić information content (AvgIpc) is 3.22. The van der Waals surface area contributed by atoms with Crippen LogP contribution in [0.15, 0.2) is 61.2 Å². The van der Waals surface area contributed by atoms with Gasteiger partial charge in [-0.05, 0) is 42.9 Å². The van der Waals surface area contributed by atoms with Crippen LogP contribution in [0.25, 0.3) is 16.6 Å². The van der Waals surface area contributed by atoms with Crippen LogP contribution in [0, 0.1) is 5.92 Å². The minimum atomic E-state index is -0.0562. The van der Waals surface area contributed by atoms with Crippen LogP contribution in [0.2, 0.25) is 0 Å². The van der Waals surface area contributed by atoms with Crippen molar-refractivity contribution in [2.75, 3.05) is 0 Å². The molecule has 2 aromatic carbocycles. The highest BCUT2D eigenvalue weighted by atomic mass is 16.2. The second kappa shape index (κ2) is 9.08. The van der Waals surface area contributed by atoms with Gasteiger partial charge in [0.05, 0.1) is 11.0 Å². The van der Waals surface area contributed by atoms with Crippen molar-refractivity contribution in [3.05, 3.63) is 72.6 Å². The zero-order valence-corrected chi connectivity index (χ0v) is 17.1. The summed E-state index contributed by atoms with van der Waals surface area (Å²) in [6.07, 6.45) is 4.36. The van der Waals surface area contributed by atoms with Crippen LogP contribution >= 0.6 is 0 Å². The number of fused-ring (bicyclic) bond motifs is 1. The number of ketones is 1. The zero-order valence-electron chi connectivity index (χ0n) is 17.1. The monoisotopic (exact) mass is 401 g/mol. The lowest BCUT2D eigenvalue weighted by Crippen LogP contribution is -2.38. The number of aromatic amines is 1. The van der Waals surface area contributed by atoms with Gasteiger partial charge in [-0.1, -0.05) is 55.5 Å². The van der Waals surface area contributed by atoms with Gasteiger partial charge in [0.25, 0.3) is 0 Å². The fourth-order valence-corrected chi connectivity index (χ4v) is 4.23. The second-order valence-electron chi connectivity index (χ2n) is 8.04. The summed E-state index contributed by atoms with van der Waals surface area (Å²) in [5.74, 6) is 1.07. The fraction of sp³-hybridized carbons (Fsp3) is 0.320. The molecular weight excluding hydrogens is 374 g/mol. The van der Waals surface area contributed by atoms with Crippen LogP contribution in [0.5, 0.6) is 0 Å². The van der Waals surface area contributed by atoms with E-state index in [2.05, 4.69) is 21.9 Å². The number of carbonyl (C=O) groups is 2. The molecule has 0 radical (unpaired) electrons. The molecule has 154 valence electrons. The summed E-state index contributed by atoms with van der Waals surface area (Å²) < 4.78 is 0. The lowest BCUT2D eigenvalue weighted by molar-refractivity contribution is -0.122. The predicted octanol–water partition coefficient (Wildman–Crippen LogP) is 4.91. The van der Waals surface area contributed by atoms with Crippen molar-refractivity contribution in [3.63, 3.8) is 0 Å². The molecule has 0 bridgehead atoms. The molecule has 1 aliphatic carbocycles. The fourth-order valence-electron chi connectivity index (χ4n) is 4.23. The topological polar surface area (TPSA) is 74.8 Å². The summed E-state index contributed by atoms with van der Waals surface area (Å²) in [5.41, 5.74) is 3.62. The summed E-state index contributed by atoms with van der Waals surface area (Å²) in [5, 5.41) is 3.13. The summed E-state index contributed by atoms with van der Waals surface area (Å²) in [7, 11) is 0. The van der Waals surface area contributed by atoms with E-state index in [1.807, 2.05) is 42.5 Å². The van der Waals surface area contributed by atoms with Gasteiger partial charge < -0.3 is 10.3 Å². The Morgan fingerprint density at radius 2 is 1.80 bits per heavy atom. The molecule has 5 nitrogen and oxygen atoms in total. The minimum Gasteiger partial charge on any atom is -0.353 e. The van der Waals surface area contributed by atoms with Gasteiger partial charge in [-0.3, -0.25) is 9.59 Å². The first kappa shape index (κ1) is 20.1. The van der Waals surface area contributed by atoms with E-state index in [1.165, 1.54) is 0 Å². The van der Waals surface area contributed by atoms with Crippen LogP contribution in [0.3, 0.4) is 0 Å². The molecule has 5 heteroatoms. The number of Topliss-reactive ketones (excluding diaryl/α,β-unsaturated/α-hetero) is 1. The number of imidazole rings is 1. The Bertz CT molecular complexity index is 1020. The second-order valence-corrected chi connectivity index (χ2v) is 8.04. The normalized spacial score (nSPS) is 18.8. The number of hydrogen-bond donors (Lipinski definition) is 2. The number of aromatic nitrogens is 2. The average molecular weight is 402 g/mol. The molecule has 1 amide bonds. The van der Waals surface area contributed by atoms with Gasteiger partial charge >= 0.3 is 0 Å². The van der Waals surface area contributed by atoms with Gasteiger partial charge in [-0.2, -0.15) is 0 Å². The number of nitrogens with zero attached hydrogens (tertiary/aromatic N) is 1. The van der Waals surface area contributed by atoms with E-state index in [0.29, 0.717) is 5.56 Å². The summed E-state index contributed by atoms with van der Waals surface area (Å²) in [6.45, 7) is 4.30. The van der Waals surface area contributed by atoms with Crippen molar-refractivity contribution in [1.29, 1.82) is 0 Å². The molecule has 1 saturated carbocycles. The first-order valence-electron chi connectivity index (χ1n) is 10.6. The number of allylic oxidation sites excluding steroid dienone is 1. The molecule has 3 aromatic rings. The molecule has 2 atom stereocenters. The van der Waals surface area contributed by atoms with Crippen molar-refractivity contribution in [2.45, 2.75) is 44.6 Å². The molecular formula is C25H27N3O2. The number of H-pyrrole nitrogens is 1. The highest BCUT2D eigenvalue weighted by Crippen LogP contribution is 2.34. The van der Waals surface area contributed by atoms with Crippen LogP contribution in [0.4, 0.5) is 0 Å². The first-order valence-corrected chi connectivity index (χ1v) is 10.6. The number of nitrogens with one attached hydrogen (secondary N) is 2. The molecule has 4 rings (SSSR count). The molecule has 1 aliphatic rings. The van der Waals surface area contributed by atoms with Gasteiger partial charge in [0.1, 0.15) is 5.82 Å². The van der Waals surface area contributed by atoms with Gasteiger partial charge in [0.2, 0.25) is 5.91 Å². The molecule has 2 N–H and O–H groups in total. The van der Waals surface area contributed by atoms with Gasteiger partial charge in [-0.15, -0.1) is 0 Å². The smallest absolute Gasteiger partial charge is 0.220 e. The summed E-state index contributed by atoms with van der Waals surface area (Å²) in [4.78, 5) is 32.7. The van der Waals surface area contributed by atoms with Gasteiger partial charge in [0, 0.05) is 24.4 Å². The van der Waals surface area contributed by atoms with Crippen LogP contribution in [-0.2, 0) is 4.79 Å². The van der Waals surface area contributed by atoms with E-state index in [4.69, 9.17) is 0 Å². The quantitative estimate of drug-likeness (QED) is 0.552. The van der Waals surface area contributed by atoms with E-state index in [9.17, 15) is 9.59 Å². The summed E-state index contributed by atoms with van der Waals surface area (Å²) >= 11 is 0. The highest BCUT2D eigenvalue weighted by Gasteiger charge is 2.27. The Balaban J connectivity index is 1.30. The number of para-hydroxylation sites is 2.